The average molecular weight is 442 g/mol. The summed E-state index contributed by atoms with van der Waals surface area (Å²) in [4.78, 5) is 24.9. The third kappa shape index (κ3) is 3.51. The highest BCUT2D eigenvalue weighted by atomic mass is 19.2. The minimum absolute atomic E-state index is 0.108. The average Bonchev–Trinajstić information content (AvgIpc) is 3.05. The van der Waals surface area contributed by atoms with Crippen molar-refractivity contribution in [3.63, 3.8) is 0 Å². The fourth-order valence-electron chi connectivity index (χ4n) is 4.54. The van der Waals surface area contributed by atoms with Crippen molar-refractivity contribution in [3.05, 3.63) is 107 Å². The Balaban J connectivity index is 2.06. The maximum absolute atomic E-state index is 14.3. The second-order valence-electron chi connectivity index (χ2n) is 7.72. The Morgan fingerprint density at radius 1 is 0.844 bits per heavy atom. The molecule has 8 heteroatoms. The van der Waals surface area contributed by atoms with E-state index in [1.807, 2.05) is 0 Å². The molecule has 0 bridgehead atoms. The molecule has 1 fully saturated rings. The molecule has 1 aliphatic rings. The van der Waals surface area contributed by atoms with Gasteiger partial charge in [-0.1, -0.05) is 42.5 Å². The van der Waals surface area contributed by atoms with Gasteiger partial charge in [0.05, 0.1) is 11.5 Å². The van der Waals surface area contributed by atoms with Crippen molar-refractivity contribution in [1.29, 1.82) is 0 Å². The molecule has 0 spiro atoms. The Hall–Kier alpha value is -3.68. The van der Waals surface area contributed by atoms with Crippen LogP contribution in [0.5, 0.6) is 0 Å². The Morgan fingerprint density at radius 2 is 1.38 bits per heavy atom. The highest BCUT2D eigenvalue weighted by molar-refractivity contribution is 5.90. The zero-order valence-corrected chi connectivity index (χ0v) is 16.6. The lowest BCUT2D eigenvalue weighted by Gasteiger charge is -2.38. The number of carbonyl (C=O) groups excluding carboxylic acids is 2. The lowest BCUT2D eigenvalue weighted by atomic mass is 9.67. The van der Waals surface area contributed by atoms with Crippen molar-refractivity contribution in [2.24, 2.45) is 11.7 Å². The fraction of sp³-hybridized carbons (Fsp3) is 0.167. The van der Waals surface area contributed by atoms with Crippen LogP contribution in [0.1, 0.15) is 29.0 Å². The Morgan fingerprint density at radius 3 is 1.84 bits per heavy atom. The molecule has 1 aliphatic heterocycles. The van der Waals surface area contributed by atoms with Crippen molar-refractivity contribution in [2.75, 3.05) is 0 Å². The molecule has 0 aliphatic carbocycles. The molecule has 2 amide bonds. The maximum atomic E-state index is 14.3. The van der Waals surface area contributed by atoms with E-state index in [1.165, 1.54) is 12.1 Å². The van der Waals surface area contributed by atoms with Crippen LogP contribution in [-0.2, 0) is 15.1 Å². The van der Waals surface area contributed by atoms with Gasteiger partial charge in [-0.15, -0.1) is 0 Å². The van der Waals surface area contributed by atoms with Crippen LogP contribution in [0.15, 0.2) is 66.7 Å². The van der Waals surface area contributed by atoms with Gasteiger partial charge in [-0.25, -0.2) is 17.6 Å². The molecule has 1 unspecified atom stereocenters. The molecule has 4 nitrogen and oxygen atoms in total. The van der Waals surface area contributed by atoms with E-state index < -0.39 is 52.5 Å². The highest BCUT2D eigenvalue weighted by Crippen LogP contribution is 2.52. The summed E-state index contributed by atoms with van der Waals surface area (Å²) in [6.45, 7) is 0. The Bertz CT molecular complexity index is 1150. The van der Waals surface area contributed by atoms with Crippen molar-refractivity contribution in [2.45, 2.75) is 17.9 Å². The number of halogens is 4. The molecule has 3 aromatic rings. The van der Waals surface area contributed by atoms with Crippen LogP contribution in [0.4, 0.5) is 17.6 Å². The largest absolute Gasteiger partial charge is 0.370 e. The SMILES string of the molecule is NC(=O)C[C@@H]1C(=O)NC(c2ccc(F)c(F)c2)(c2ccc(F)c(F)c2)C1c1ccccc1. The number of primary amides is 1. The summed E-state index contributed by atoms with van der Waals surface area (Å²) in [5.74, 6) is -7.74. The number of carbonyl (C=O) groups is 2. The monoisotopic (exact) mass is 442 g/mol. The molecule has 3 aromatic carbocycles. The highest BCUT2D eigenvalue weighted by Gasteiger charge is 2.56. The predicted molar refractivity (Wildman–Crippen MR) is 108 cm³/mol. The smallest absolute Gasteiger partial charge is 0.225 e. The zero-order valence-electron chi connectivity index (χ0n) is 16.6. The standard InChI is InChI=1S/C24H18F4N2O2/c25-17-8-6-14(10-19(17)27)24(15-7-9-18(26)20(28)11-15)22(13-4-2-1-3-5-13)16(12-21(29)31)23(32)30-24/h1-11,16,22H,12H2,(H2,29,31)(H,30,32)/t16-,22?/m0/s1. The van der Waals surface area contributed by atoms with E-state index >= 15 is 0 Å². The summed E-state index contributed by atoms with van der Waals surface area (Å²) >= 11 is 0. The number of rotatable bonds is 5. The third-order valence-electron chi connectivity index (χ3n) is 5.86. The third-order valence-corrected chi connectivity index (χ3v) is 5.86. The number of hydrogen-bond acceptors (Lipinski definition) is 2. The molecule has 1 heterocycles. The molecule has 4 rings (SSSR count). The number of nitrogens with two attached hydrogens (primary N) is 1. The first-order valence-electron chi connectivity index (χ1n) is 9.80. The number of nitrogens with one attached hydrogen (secondary N) is 1. The van der Waals surface area contributed by atoms with E-state index in [1.54, 1.807) is 30.3 Å². The zero-order chi connectivity index (χ0) is 23.0. The summed E-state index contributed by atoms with van der Waals surface area (Å²) in [5, 5.41) is 2.77. The van der Waals surface area contributed by atoms with E-state index in [-0.39, 0.29) is 17.5 Å². The minimum atomic E-state index is -1.62. The predicted octanol–water partition coefficient (Wildman–Crippen LogP) is 3.89. The van der Waals surface area contributed by atoms with Crippen molar-refractivity contribution in [1.82, 2.24) is 5.32 Å². The van der Waals surface area contributed by atoms with E-state index in [2.05, 4.69) is 5.32 Å². The number of benzene rings is 3. The molecule has 32 heavy (non-hydrogen) atoms. The van der Waals surface area contributed by atoms with Crippen LogP contribution in [0.3, 0.4) is 0 Å². The van der Waals surface area contributed by atoms with Crippen molar-refractivity contribution >= 4 is 11.8 Å². The first kappa shape index (κ1) is 21.5. The Labute approximate surface area is 181 Å². The van der Waals surface area contributed by atoms with Gasteiger partial charge < -0.3 is 11.1 Å². The van der Waals surface area contributed by atoms with Gasteiger partial charge in [0.1, 0.15) is 0 Å². The topological polar surface area (TPSA) is 72.2 Å². The van der Waals surface area contributed by atoms with E-state index in [0.717, 1.165) is 24.3 Å². The van der Waals surface area contributed by atoms with Crippen molar-refractivity contribution in [3.8, 4) is 0 Å². The number of hydrogen-bond donors (Lipinski definition) is 2. The van der Waals surface area contributed by atoms with Gasteiger partial charge in [0.2, 0.25) is 11.8 Å². The molecular formula is C24H18F4N2O2. The summed E-state index contributed by atoms with van der Waals surface area (Å²) in [6, 6.07) is 14.7. The van der Waals surface area contributed by atoms with Gasteiger partial charge in [-0.05, 0) is 41.0 Å². The van der Waals surface area contributed by atoms with Crippen LogP contribution in [0, 0.1) is 29.2 Å². The molecule has 0 saturated carbocycles. The summed E-state index contributed by atoms with van der Waals surface area (Å²) in [5.41, 5.74) is 4.56. The van der Waals surface area contributed by atoms with Gasteiger partial charge in [0.25, 0.3) is 0 Å². The molecular weight excluding hydrogens is 424 g/mol. The fourth-order valence-corrected chi connectivity index (χ4v) is 4.54. The second-order valence-corrected chi connectivity index (χ2v) is 7.72. The first-order valence-corrected chi connectivity index (χ1v) is 9.80. The first-order chi connectivity index (χ1) is 15.2. The molecule has 1 saturated heterocycles. The second kappa shape index (κ2) is 8.11. The van der Waals surface area contributed by atoms with E-state index in [0.29, 0.717) is 5.56 Å². The Kier molecular flexibility index (Phi) is 5.46. The normalized spacial score (nSPS) is 19.6. The molecule has 0 radical (unpaired) electrons. The van der Waals surface area contributed by atoms with Gasteiger partial charge in [-0.3, -0.25) is 9.59 Å². The van der Waals surface area contributed by atoms with E-state index in [9.17, 15) is 27.2 Å². The van der Waals surface area contributed by atoms with Crippen molar-refractivity contribution < 1.29 is 27.2 Å². The molecule has 164 valence electrons. The quantitative estimate of drug-likeness (QED) is 0.589. The van der Waals surface area contributed by atoms with Gasteiger partial charge in [0.15, 0.2) is 23.3 Å². The number of amides is 2. The summed E-state index contributed by atoms with van der Waals surface area (Å²) < 4.78 is 56.1. The minimum Gasteiger partial charge on any atom is -0.370 e. The van der Waals surface area contributed by atoms with Crippen LogP contribution < -0.4 is 11.1 Å². The molecule has 2 atom stereocenters. The molecule has 0 aromatic heterocycles. The van der Waals surface area contributed by atoms with Gasteiger partial charge >= 0.3 is 0 Å². The maximum Gasteiger partial charge on any atom is 0.225 e. The van der Waals surface area contributed by atoms with Crippen LogP contribution in [-0.4, -0.2) is 11.8 Å². The lowest BCUT2D eigenvalue weighted by molar-refractivity contribution is -0.127. The van der Waals surface area contributed by atoms with Gasteiger partial charge in [0, 0.05) is 12.3 Å². The summed E-state index contributed by atoms with van der Waals surface area (Å²) in [7, 11) is 0. The lowest BCUT2D eigenvalue weighted by Crippen LogP contribution is -2.43. The summed E-state index contributed by atoms with van der Waals surface area (Å²) in [6.07, 6.45) is -0.333. The van der Waals surface area contributed by atoms with Crippen LogP contribution in [0.25, 0.3) is 0 Å². The van der Waals surface area contributed by atoms with Crippen LogP contribution >= 0.6 is 0 Å². The van der Waals surface area contributed by atoms with Crippen LogP contribution in [0.2, 0.25) is 0 Å². The van der Waals surface area contributed by atoms with Gasteiger partial charge in [-0.2, -0.15) is 0 Å². The van der Waals surface area contributed by atoms with E-state index in [4.69, 9.17) is 5.73 Å². The molecule has 3 N–H and O–H groups in total.